The Hall–Kier alpha value is -13.8. The predicted molar refractivity (Wildman–Crippen MR) is 397 cm³/mol. The lowest BCUT2D eigenvalue weighted by Crippen LogP contribution is -2.03. The monoisotopic (exact) mass is 1250 g/mol. The van der Waals surface area contributed by atoms with Crippen molar-refractivity contribution in [2.75, 3.05) is 0 Å². The molecule has 0 saturated heterocycles. The lowest BCUT2D eigenvalue weighted by Gasteiger charge is -2.18. The van der Waals surface area contributed by atoms with E-state index in [4.69, 9.17) is 15.0 Å². The molecule has 0 aliphatic carbocycles. The number of aromatic nitrogens is 5. The lowest BCUT2D eigenvalue weighted by atomic mass is 9.97. The maximum absolute atomic E-state index is 10.2. The summed E-state index contributed by atoms with van der Waals surface area (Å²) in [6.45, 7) is 0. The third kappa shape index (κ3) is 10.5. The Balaban J connectivity index is 0.894. The topological polar surface area (TPSA) is 120 Å². The number of benzene rings is 14. The van der Waals surface area contributed by atoms with Crippen LogP contribution in [-0.4, -0.2) is 24.1 Å². The molecule has 0 N–H and O–H groups in total. The quantitative estimate of drug-likeness (QED) is 0.120. The predicted octanol–water partition coefficient (Wildman–Crippen LogP) is 22.4. The van der Waals surface area contributed by atoms with Crippen molar-refractivity contribution >= 4 is 43.6 Å². The normalized spacial score (nSPS) is 11.2. The summed E-state index contributed by atoms with van der Waals surface area (Å²) in [7, 11) is 0. The first-order valence-electron chi connectivity index (χ1n) is 32.5. The van der Waals surface area contributed by atoms with Crippen LogP contribution in [-0.2, 0) is 0 Å². The summed E-state index contributed by atoms with van der Waals surface area (Å²) in [4.78, 5) is 16.5. The molecule has 98 heavy (non-hydrogen) atoms. The number of nitrogens with zero attached hydrogens (tertiary/aromatic N) is 8. The van der Waals surface area contributed by atoms with Gasteiger partial charge >= 0.3 is 0 Å². The molecule has 454 valence electrons. The molecular weight excluding hydrogens is 1190 g/mol. The molecule has 8 nitrogen and oxygen atoms in total. The summed E-state index contributed by atoms with van der Waals surface area (Å²) in [6, 6.07) is 120. The molecule has 0 spiro atoms. The Labute approximate surface area is 566 Å². The number of rotatable bonds is 12. The van der Waals surface area contributed by atoms with Crippen molar-refractivity contribution in [1.29, 1.82) is 15.8 Å². The van der Waals surface area contributed by atoms with Crippen molar-refractivity contribution in [3.63, 3.8) is 0 Å². The van der Waals surface area contributed by atoms with E-state index in [0.29, 0.717) is 34.2 Å². The number of hydrogen-bond donors (Lipinski definition) is 0. The van der Waals surface area contributed by atoms with Crippen molar-refractivity contribution in [1.82, 2.24) is 24.1 Å². The molecule has 0 fully saturated rings. The summed E-state index contributed by atoms with van der Waals surface area (Å²) in [5, 5.41) is 34.9. The highest BCUT2D eigenvalue weighted by atomic mass is 15.0. The van der Waals surface area contributed by atoms with Gasteiger partial charge in [-0.2, -0.15) is 15.8 Å². The fourth-order valence-corrected chi connectivity index (χ4v) is 13.9. The molecule has 0 atom stereocenters. The van der Waals surface area contributed by atoms with E-state index >= 15 is 0 Å². The molecule has 14 aromatic carbocycles. The van der Waals surface area contributed by atoms with E-state index in [9.17, 15) is 15.8 Å². The minimum Gasteiger partial charge on any atom is -0.309 e. The van der Waals surface area contributed by atoms with Crippen LogP contribution < -0.4 is 0 Å². The molecule has 3 aromatic heterocycles. The van der Waals surface area contributed by atoms with Gasteiger partial charge in [-0.25, -0.2) is 15.0 Å². The molecular formula is C90H54N8. The van der Waals surface area contributed by atoms with E-state index in [-0.39, 0.29) is 0 Å². The van der Waals surface area contributed by atoms with E-state index in [1.807, 2.05) is 121 Å². The van der Waals surface area contributed by atoms with E-state index in [2.05, 4.69) is 234 Å². The summed E-state index contributed by atoms with van der Waals surface area (Å²) in [5.41, 5.74) is 24.1. The van der Waals surface area contributed by atoms with Crippen LogP contribution in [0.3, 0.4) is 0 Å². The molecule has 0 aliphatic heterocycles. The minimum atomic E-state index is 0.434. The molecule has 17 aromatic rings. The van der Waals surface area contributed by atoms with Crippen LogP contribution in [0.4, 0.5) is 0 Å². The standard InChI is InChI=1S/C90H54N8/c91-55-58-28-32-65(33-29-58)76-53-72(40-46-82(76)97-84-42-36-67(61-17-5-1-6-18-61)49-78(84)79-50-68(37-43-85(79)97)62-19-7-2-8-20-62)88-94-89(96-90(95-88)75-27-14-13-26-74(75)71-25-15-16-60(48-71)57-93)73-41-47-83(77(54-73)66-34-30-59(56-92)31-35-66)98-86-44-38-69(63-21-9-3-10-22-63)51-80(86)81-52-70(39-45-87(81)98)64-23-11-4-12-24-64/h1-54H. The van der Waals surface area contributed by atoms with Crippen molar-refractivity contribution < 1.29 is 0 Å². The van der Waals surface area contributed by atoms with Crippen molar-refractivity contribution in [2.24, 2.45) is 0 Å². The van der Waals surface area contributed by atoms with Crippen LogP contribution in [0.15, 0.2) is 328 Å². The summed E-state index contributed by atoms with van der Waals surface area (Å²) in [6.07, 6.45) is 0. The second-order valence-electron chi connectivity index (χ2n) is 24.4. The maximum atomic E-state index is 10.2. The van der Waals surface area contributed by atoms with Gasteiger partial charge in [0.2, 0.25) is 0 Å². The van der Waals surface area contributed by atoms with Crippen LogP contribution in [0.25, 0.3) is 167 Å². The Morgan fingerprint density at radius 2 is 0.520 bits per heavy atom. The smallest absolute Gasteiger partial charge is 0.164 e. The zero-order valence-electron chi connectivity index (χ0n) is 52.8. The van der Waals surface area contributed by atoms with Crippen LogP contribution in [0.2, 0.25) is 0 Å². The van der Waals surface area contributed by atoms with E-state index in [1.54, 1.807) is 0 Å². The van der Waals surface area contributed by atoms with E-state index in [1.165, 1.54) is 0 Å². The Kier molecular flexibility index (Phi) is 14.5. The molecule has 17 rings (SSSR count). The van der Waals surface area contributed by atoms with Crippen molar-refractivity contribution in [3.8, 4) is 142 Å². The zero-order chi connectivity index (χ0) is 65.6. The van der Waals surface area contributed by atoms with Crippen molar-refractivity contribution in [2.45, 2.75) is 0 Å². The third-order valence-corrected chi connectivity index (χ3v) is 18.7. The molecule has 8 heteroatoms. The minimum absolute atomic E-state index is 0.434. The molecule has 0 unspecified atom stereocenters. The molecule has 0 bridgehead atoms. The lowest BCUT2D eigenvalue weighted by molar-refractivity contribution is 1.07. The zero-order valence-corrected chi connectivity index (χ0v) is 52.8. The number of fused-ring (bicyclic) bond motifs is 6. The van der Waals surface area contributed by atoms with Gasteiger partial charge in [0.05, 0.1) is 68.3 Å². The second-order valence-corrected chi connectivity index (χ2v) is 24.4. The molecule has 0 saturated carbocycles. The SMILES string of the molecule is N#Cc1ccc(-c2cc(-c3nc(-c4ccc(-n5c6ccc(-c7ccccc7)cc6c6cc(-c7ccccc7)ccc65)c(-c5ccc(C#N)cc5)c4)nc(-c4ccccc4-c4cccc(C#N)c4)n3)ccc2-n2c3ccc(-c4ccccc4)cc3c3cc(-c4ccccc4)ccc32)cc1. The summed E-state index contributed by atoms with van der Waals surface area (Å²) in [5.74, 6) is 1.31. The van der Waals surface area contributed by atoms with Gasteiger partial charge in [0.25, 0.3) is 0 Å². The number of nitriles is 3. The highest BCUT2D eigenvalue weighted by Crippen LogP contribution is 2.45. The molecule has 0 radical (unpaired) electrons. The number of hydrogen-bond acceptors (Lipinski definition) is 6. The van der Waals surface area contributed by atoms with Crippen LogP contribution in [0.5, 0.6) is 0 Å². The Morgan fingerprint density at radius 3 is 0.888 bits per heavy atom. The first kappa shape index (κ1) is 58.0. The van der Waals surface area contributed by atoms with Gasteiger partial charge in [0.1, 0.15) is 0 Å². The Morgan fingerprint density at radius 1 is 0.204 bits per heavy atom. The van der Waals surface area contributed by atoms with Crippen LogP contribution in [0, 0.1) is 34.0 Å². The molecule has 0 aliphatic rings. The van der Waals surface area contributed by atoms with Crippen LogP contribution in [0.1, 0.15) is 16.7 Å². The van der Waals surface area contributed by atoms with E-state index < -0.39 is 0 Å². The highest BCUT2D eigenvalue weighted by molar-refractivity contribution is 6.14. The molecule has 3 heterocycles. The average molecular weight is 1250 g/mol. The summed E-state index contributed by atoms with van der Waals surface area (Å²) >= 11 is 0. The van der Waals surface area contributed by atoms with Gasteiger partial charge in [0.15, 0.2) is 17.5 Å². The first-order chi connectivity index (χ1) is 48.4. The van der Waals surface area contributed by atoms with Gasteiger partial charge in [0, 0.05) is 49.4 Å². The fraction of sp³-hybridized carbons (Fsp3) is 0. The van der Waals surface area contributed by atoms with Gasteiger partial charge < -0.3 is 9.13 Å². The van der Waals surface area contributed by atoms with Gasteiger partial charge in [-0.15, -0.1) is 0 Å². The summed E-state index contributed by atoms with van der Waals surface area (Å²) < 4.78 is 4.71. The van der Waals surface area contributed by atoms with Gasteiger partial charge in [-0.05, 0) is 188 Å². The fourth-order valence-electron chi connectivity index (χ4n) is 13.9. The molecule has 0 amide bonds. The van der Waals surface area contributed by atoms with Crippen molar-refractivity contribution in [3.05, 3.63) is 344 Å². The van der Waals surface area contributed by atoms with E-state index in [0.717, 1.165) is 150 Å². The Bertz CT molecular complexity index is 5590. The highest BCUT2D eigenvalue weighted by Gasteiger charge is 2.24. The third-order valence-electron chi connectivity index (χ3n) is 18.7. The largest absolute Gasteiger partial charge is 0.309 e. The first-order valence-corrected chi connectivity index (χ1v) is 32.5. The second kappa shape index (κ2) is 24.6. The van der Waals surface area contributed by atoms with Crippen LogP contribution >= 0.6 is 0 Å². The average Bonchev–Trinajstić information content (AvgIpc) is 1.56. The maximum Gasteiger partial charge on any atom is 0.164 e. The van der Waals surface area contributed by atoms with Gasteiger partial charge in [-0.3, -0.25) is 0 Å². The van der Waals surface area contributed by atoms with Gasteiger partial charge in [-0.1, -0.05) is 206 Å².